The van der Waals surface area contributed by atoms with Gasteiger partial charge in [0.15, 0.2) is 77.4 Å². The maximum absolute atomic E-state index is 12.0. The molecule has 112 heavy (non-hydrogen) atoms. The quantitative estimate of drug-likeness (QED) is 0.0554. The van der Waals surface area contributed by atoms with Crippen molar-refractivity contribution in [2.45, 2.75) is 319 Å². The number of aliphatic hydroxyl groups excluding tert-OH is 3. The number of imidazole rings is 3. The summed E-state index contributed by atoms with van der Waals surface area (Å²) in [6.07, 6.45) is 4.10. The third kappa shape index (κ3) is 22.4. The maximum atomic E-state index is 12.0. The molecule has 0 saturated carbocycles. The van der Waals surface area contributed by atoms with Crippen molar-refractivity contribution < 1.29 is 167 Å². The van der Waals surface area contributed by atoms with Gasteiger partial charge in [-0.05, 0) is 113 Å². The first kappa shape index (κ1) is 95.9. The number of aromatic amines is 4. The second-order valence-corrected chi connectivity index (χ2v) is 30.6. The van der Waals surface area contributed by atoms with Crippen molar-refractivity contribution >= 4 is 51.0 Å². The summed E-state index contributed by atoms with van der Waals surface area (Å²) in [4.78, 5) is 91.3. The minimum atomic E-state index is -0.777. The molecule has 0 bridgehead atoms. The van der Waals surface area contributed by atoms with Crippen LogP contribution in [0.2, 0.25) is 0 Å². The Bertz CT molecular complexity index is 4140. The van der Waals surface area contributed by atoms with Crippen LogP contribution in [0.5, 0.6) is 0 Å². The van der Waals surface area contributed by atoms with Gasteiger partial charge in [-0.1, -0.05) is 69.2 Å². The van der Waals surface area contributed by atoms with Gasteiger partial charge >= 0.3 is 77.0 Å². The molecule has 9 saturated heterocycles. The van der Waals surface area contributed by atoms with E-state index in [0.29, 0.717) is 57.3 Å². The predicted molar refractivity (Wildman–Crippen MR) is 397 cm³/mol. The van der Waals surface area contributed by atoms with Gasteiger partial charge in [-0.15, -0.1) is 0 Å². The maximum Gasteiger partial charge on any atom is 1.00 e. The Kier molecular flexibility index (Phi) is 34.6. The SMILES string of the molecule is CC[C@H]1OC(OC(C)=O)[C@@H](OC(C)=O)C1C.CC[C@H]1O[C@@H](n2cnc3c(=O)[nH]c(C)cc32)[C@@H](OC(C)=O)C1C.CC[C@H]1O[C@@H]2OC(C)(C)O[C@H]2C1C.CC[C@H]1O[C@@H]2OC(C)(C)O[C@H]2C1C.CC[C@H]1O[C@@H]2OC(C)(C)O[C@H]2C1O.Cc1cc2[nH]cnc2c(=O)[nH]1.Cc1cc2c(ncn2[C@@H]2O[C@H](CO)C(C)[C@@H]2O)c(=O)[nH]1.[H-].[Na+].[Na+].[OH-]. The molecule has 7 unspecified atom stereocenters. The number of aryl methyl sites for hydroxylation is 3. The molecule has 15 rings (SSSR count). The van der Waals surface area contributed by atoms with Crippen LogP contribution in [0.1, 0.15) is 195 Å². The molecule has 0 radical (unpaired) electrons. The predicted octanol–water partition coefficient (Wildman–Crippen LogP) is 2.03. The first-order valence-corrected chi connectivity index (χ1v) is 37.9. The molecule has 6 aromatic rings. The molecule has 0 aromatic carbocycles. The Morgan fingerprint density at radius 1 is 0.473 bits per heavy atom. The number of rotatable bonds is 11. The van der Waals surface area contributed by atoms with Gasteiger partial charge in [0.2, 0.25) is 6.29 Å². The molecule has 618 valence electrons. The Morgan fingerprint density at radius 3 is 1.27 bits per heavy atom. The number of fused-ring (bicyclic) bond motifs is 6. The van der Waals surface area contributed by atoms with Crippen molar-refractivity contribution in [2.24, 2.45) is 29.6 Å². The number of aliphatic hydroxyl groups is 3. The number of nitrogens with zero attached hydrogens (tertiary/aromatic N) is 5. The number of aromatic nitrogens is 9. The van der Waals surface area contributed by atoms with Gasteiger partial charge in [0.05, 0.1) is 78.8 Å². The normalized spacial score (nSPS) is 33.6. The summed E-state index contributed by atoms with van der Waals surface area (Å²) in [5.74, 6) is -1.96. The van der Waals surface area contributed by atoms with Gasteiger partial charge in [0.25, 0.3) is 16.7 Å². The molecular weight excluding hydrogens is 1480 g/mol. The van der Waals surface area contributed by atoms with E-state index in [0.717, 1.165) is 49.0 Å². The molecule has 9 aliphatic rings. The largest absolute Gasteiger partial charge is 1.00 e. The van der Waals surface area contributed by atoms with E-state index in [1.165, 1.54) is 33.4 Å². The first-order valence-electron chi connectivity index (χ1n) is 37.9. The zero-order valence-corrected chi connectivity index (χ0v) is 73.2. The summed E-state index contributed by atoms with van der Waals surface area (Å²) in [5.41, 5.74) is 4.86. The van der Waals surface area contributed by atoms with Crippen LogP contribution in [0.25, 0.3) is 33.1 Å². The molecule has 0 amide bonds. The summed E-state index contributed by atoms with van der Waals surface area (Å²) >= 11 is 0. The van der Waals surface area contributed by atoms with E-state index < -0.39 is 84.9 Å². The van der Waals surface area contributed by atoms with Crippen molar-refractivity contribution in [3.63, 3.8) is 0 Å². The number of H-pyrrole nitrogens is 4. The zero-order valence-electron chi connectivity index (χ0n) is 70.2. The number of nitrogens with one attached hydrogen (secondary N) is 4. The number of hydrogen-bond acceptors (Lipinski definition) is 28. The molecule has 8 N–H and O–H groups in total. The van der Waals surface area contributed by atoms with E-state index in [9.17, 15) is 44.1 Å². The Morgan fingerprint density at radius 2 is 0.848 bits per heavy atom. The number of carbonyl (C=O) groups is 3. The van der Waals surface area contributed by atoms with Crippen LogP contribution in [-0.4, -0.2) is 211 Å². The van der Waals surface area contributed by atoms with Gasteiger partial charge < -0.3 is 118 Å². The molecule has 0 spiro atoms. The van der Waals surface area contributed by atoms with E-state index >= 15 is 0 Å². The van der Waals surface area contributed by atoms with Gasteiger partial charge in [0, 0.05) is 67.4 Å². The van der Waals surface area contributed by atoms with E-state index in [1.807, 2.05) is 109 Å². The van der Waals surface area contributed by atoms with Crippen molar-refractivity contribution in [3.8, 4) is 0 Å². The third-order valence-electron chi connectivity index (χ3n) is 20.8. The number of esters is 3. The fraction of sp³-hybridized carbons (Fsp3) is 0.724. The third-order valence-corrected chi connectivity index (χ3v) is 20.8. The molecule has 9 fully saturated rings. The molecule has 6 aromatic heterocycles. The van der Waals surface area contributed by atoms with Crippen molar-refractivity contribution in [1.29, 1.82) is 0 Å². The first-order chi connectivity index (χ1) is 51.3. The fourth-order valence-electron chi connectivity index (χ4n) is 15.2. The number of hydrogen-bond donors (Lipinski definition) is 7. The molecule has 9 aliphatic heterocycles. The zero-order chi connectivity index (χ0) is 80.2. The molecule has 15 heterocycles. The van der Waals surface area contributed by atoms with Crippen LogP contribution in [0.4, 0.5) is 0 Å². The molecule has 0 aliphatic carbocycles. The molecule has 36 heteroatoms. The van der Waals surface area contributed by atoms with Gasteiger partial charge in [-0.25, -0.2) is 15.0 Å². The van der Waals surface area contributed by atoms with Crippen LogP contribution < -0.4 is 75.8 Å². The monoisotopic (exact) mass is 1600 g/mol. The van der Waals surface area contributed by atoms with Crippen molar-refractivity contribution in [2.75, 3.05) is 6.61 Å². The van der Waals surface area contributed by atoms with Crippen LogP contribution in [-0.2, 0) is 85.4 Å². The second-order valence-electron chi connectivity index (χ2n) is 30.6. The van der Waals surface area contributed by atoms with Crippen LogP contribution >= 0.6 is 0 Å². The molecular formula is C76H117N9Na2O25. The second kappa shape index (κ2) is 40.5. The van der Waals surface area contributed by atoms with Crippen molar-refractivity contribution in [3.05, 3.63) is 85.3 Å². The Balaban J connectivity index is 0.000000237. The molecule has 34 nitrogen and oxygen atoms in total. The summed E-state index contributed by atoms with van der Waals surface area (Å²) in [5, 5.41) is 29.3. The number of carbonyl (C=O) groups excluding carboxylic acids is 3. The van der Waals surface area contributed by atoms with Crippen molar-refractivity contribution in [1.82, 2.24) is 44.0 Å². The van der Waals surface area contributed by atoms with E-state index in [2.05, 4.69) is 62.6 Å². The van der Waals surface area contributed by atoms with Gasteiger partial charge in [-0.2, -0.15) is 0 Å². The van der Waals surface area contributed by atoms with E-state index in [-0.39, 0.29) is 162 Å². The standard InChI is InChI=1S/C16H21N3O4.C13H17N3O4.C11H18O5.2C10H18O3.C9H16O4.C7H7N3O.2Na.H2O.H/c1-5-12-9(3)14(22-10(4)20)16(23-12)19-7-17-13-11(19)6-8(2)18-15(13)21;1-6-3-8-10(12(19)15-6)14-5-16(8)13-11(18)7(2)9(4-17)20-13;1-5-9-6(2)10(14-7(3)12)11(16-9)15-8(4)13;2*1-5-7-6(2)8-9(11-7)13-10(3,4)12-8;1-4-5-6(10)7-8(11-5)13-9(2,3)12-7;1-4-2-5-6(7(11)10-4)9-3-8-5;;;;/h6-7,9,12,14,16H,5H2,1-4H3,(H,18,21);3,5,7,9,11,13,17-18H,4H2,1-2H3,(H,15,19);6,9-11H,5H2,1-4H3;2*6-9H,5H2,1-4H3;5-8,10H,4H2,1-3H3;2-3H,1H3,(H,8,9)(H,10,11);;;1H2;/q;;;;;;;2*+1;;-1/p-1/t9?,12-,14+,16-;7?,9-,11+,13-;6?,9-,10+,11?;2*6?,7-,8+,9-;5-,6?,7+,8-;;;;;/m111111...../s1. The van der Waals surface area contributed by atoms with Crippen LogP contribution in [0, 0.1) is 50.4 Å². The van der Waals surface area contributed by atoms with E-state index in [4.69, 9.17) is 71.1 Å². The Labute approximate surface area is 697 Å². The fourth-order valence-corrected chi connectivity index (χ4v) is 15.2. The Hall–Kier alpha value is -4.97. The summed E-state index contributed by atoms with van der Waals surface area (Å²) in [6, 6.07) is 5.49. The minimum absolute atomic E-state index is 0. The summed E-state index contributed by atoms with van der Waals surface area (Å²) in [6.45, 7) is 41.0. The average Bonchev–Trinajstić information content (AvgIpc) is 1.65. The summed E-state index contributed by atoms with van der Waals surface area (Å²) < 4.78 is 87.1. The molecule has 24 atom stereocenters. The van der Waals surface area contributed by atoms with Crippen LogP contribution in [0.3, 0.4) is 0 Å². The van der Waals surface area contributed by atoms with Gasteiger partial charge in [-0.3, -0.25) is 33.3 Å². The average molecular weight is 1600 g/mol. The van der Waals surface area contributed by atoms with E-state index in [1.54, 1.807) is 28.5 Å². The summed E-state index contributed by atoms with van der Waals surface area (Å²) in [7, 11) is 0. The topological polar surface area (TPSA) is 443 Å². The minimum Gasteiger partial charge on any atom is -1.00 e. The number of pyridine rings is 3. The number of ether oxygens (including phenoxy) is 15. The van der Waals surface area contributed by atoms with Gasteiger partial charge in [0.1, 0.15) is 30.5 Å². The van der Waals surface area contributed by atoms with Crippen LogP contribution in [0.15, 0.2) is 51.6 Å². The smallest absolute Gasteiger partial charge is 1.00 e.